The number of hydrogen-bond acceptors (Lipinski definition) is 9. The lowest BCUT2D eigenvalue weighted by molar-refractivity contribution is -0.138. The van der Waals surface area contributed by atoms with Crippen LogP contribution in [-0.4, -0.2) is 125 Å². The third kappa shape index (κ3) is 7.89. The third-order valence-corrected chi connectivity index (χ3v) is 14.6. The minimum absolute atomic E-state index is 0.0867. The Hall–Kier alpha value is -3.23. The zero-order chi connectivity index (χ0) is 38.2. The van der Waals surface area contributed by atoms with E-state index in [0.29, 0.717) is 75.5 Å². The van der Waals surface area contributed by atoms with Gasteiger partial charge in [-0.2, -0.15) is 0 Å². The van der Waals surface area contributed by atoms with E-state index in [2.05, 4.69) is 20.6 Å². The average molecular weight is 786 g/mol. The van der Waals surface area contributed by atoms with E-state index in [1.54, 1.807) is 37.1 Å². The van der Waals surface area contributed by atoms with Gasteiger partial charge in [-0.25, -0.2) is 17.5 Å². The van der Waals surface area contributed by atoms with Gasteiger partial charge >= 0.3 is 0 Å². The number of carbonyl (C=O) groups is 2. The van der Waals surface area contributed by atoms with Crippen LogP contribution in [0.5, 0.6) is 5.75 Å². The number of nitrogens with zero attached hydrogens (tertiary/aromatic N) is 4. The fraction of sp³-hybridized carbons (Fsp3) is 0.600. The molecular formula is C40H53ClFN5O6S. The normalized spacial score (nSPS) is 30.4. The monoisotopic (exact) mass is 785 g/mol. The molecule has 0 radical (unpaired) electrons. The Morgan fingerprint density at radius 2 is 1.89 bits per heavy atom. The molecule has 5 atom stereocenters. The van der Waals surface area contributed by atoms with Crippen LogP contribution in [0.1, 0.15) is 67.4 Å². The van der Waals surface area contributed by atoms with Gasteiger partial charge in [0, 0.05) is 75.0 Å². The van der Waals surface area contributed by atoms with Crippen molar-refractivity contribution in [1.29, 1.82) is 0 Å². The maximum Gasteiger partial charge on any atom is 0.264 e. The van der Waals surface area contributed by atoms with Crippen molar-refractivity contribution in [2.45, 2.75) is 75.1 Å². The Morgan fingerprint density at radius 3 is 2.67 bits per heavy atom. The number of fused-ring (bicyclic) bond motifs is 4. The van der Waals surface area contributed by atoms with E-state index in [0.717, 1.165) is 38.6 Å². The van der Waals surface area contributed by atoms with Gasteiger partial charge < -0.3 is 19.3 Å². The lowest BCUT2D eigenvalue weighted by Crippen LogP contribution is -2.57. The number of halogens is 2. The summed E-state index contributed by atoms with van der Waals surface area (Å²) in [7, 11) is -2.46. The van der Waals surface area contributed by atoms with Crippen LogP contribution in [0.2, 0.25) is 5.02 Å². The minimum Gasteiger partial charge on any atom is -0.490 e. The molecule has 54 heavy (non-hydrogen) atoms. The van der Waals surface area contributed by atoms with Crippen LogP contribution >= 0.6 is 11.6 Å². The summed E-state index contributed by atoms with van der Waals surface area (Å²) in [4.78, 5) is 36.5. The molecule has 4 aliphatic heterocycles. The van der Waals surface area contributed by atoms with E-state index in [9.17, 15) is 18.0 Å². The molecule has 4 heterocycles. The van der Waals surface area contributed by atoms with E-state index < -0.39 is 44.4 Å². The quantitative estimate of drug-likeness (QED) is 0.469. The summed E-state index contributed by atoms with van der Waals surface area (Å²) in [6.07, 6.45) is 5.78. The van der Waals surface area contributed by atoms with Crippen molar-refractivity contribution in [3.8, 4) is 5.75 Å². The molecule has 14 heteroatoms. The number of nitrogens with one attached hydrogen (secondary N) is 1. The molecule has 0 unspecified atom stereocenters. The predicted octanol–water partition coefficient (Wildman–Crippen LogP) is 4.78. The molecule has 2 fully saturated rings. The standard InChI is InChI=1S/C40H53ClFN5O6S/c1-27-8-12-34(42)37(39(49)45-18-16-44(17-19-45)20-21-52-3)47-15-5-7-32(47)24-46-25-40(14-4-6-29-22-31(41)10-11-33(29)40)26-53-36-13-9-30(23-35(36)46)38(48)43-54(50,51)28(27)2/h9-13,22-23,27-28,32,37H,4-8,14-21,24-26H2,1-3H3,(H,43,48)/b34-12-/t27-,28+,32-,37+,40-/m0/s1. The van der Waals surface area contributed by atoms with Crippen molar-refractivity contribution in [2.24, 2.45) is 5.92 Å². The molecule has 2 bridgehead atoms. The summed E-state index contributed by atoms with van der Waals surface area (Å²) < 4.78 is 58.1. The van der Waals surface area contributed by atoms with Crippen LogP contribution in [0.15, 0.2) is 48.3 Å². The fourth-order valence-electron chi connectivity index (χ4n) is 9.10. The summed E-state index contributed by atoms with van der Waals surface area (Å²) >= 11 is 6.47. The second kappa shape index (κ2) is 16.1. The largest absolute Gasteiger partial charge is 0.490 e. The molecule has 0 aromatic heterocycles. The number of sulfonamides is 1. The fourth-order valence-corrected chi connectivity index (χ4v) is 10.6. The first-order valence-electron chi connectivity index (χ1n) is 19.4. The van der Waals surface area contributed by atoms with Gasteiger partial charge in [-0.05, 0) is 99.4 Å². The highest BCUT2D eigenvalue weighted by molar-refractivity contribution is 7.90. The topological polar surface area (TPSA) is 112 Å². The highest BCUT2D eigenvalue weighted by Crippen LogP contribution is 2.45. The van der Waals surface area contributed by atoms with Gasteiger partial charge in [0.2, 0.25) is 15.9 Å². The molecule has 7 rings (SSSR count). The van der Waals surface area contributed by atoms with Gasteiger partial charge in [-0.3, -0.25) is 19.4 Å². The second-order valence-corrected chi connectivity index (χ2v) is 18.3. The van der Waals surface area contributed by atoms with Gasteiger partial charge in [0.15, 0.2) is 0 Å². The molecule has 2 aromatic rings. The highest BCUT2D eigenvalue weighted by atomic mass is 35.5. The number of aryl methyl sites for hydroxylation is 1. The van der Waals surface area contributed by atoms with Crippen LogP contribution < -0.4 is 14.4 Å². The first kappa shape index (κ1) is 39.0. The first-order chi connectivity index (χ1) is 25.9. The molecule has 5 aliphatic rings. The second-order valence-electron chi connectivity index (χ2n) is 15.9. The Labute approximate surface area is 323 Å². The molecule has 2 saturated heterocycles. The number of amides is 2. The first-order valence-corrected chi connectivity index (χ1v) is 21.3. The summed E-state index contributed by atoms with van der Waals surface area (Å²) in [5, 5.41) is -0.320. The number of hydrogen-bond donors (Lipinski definition) is 1. The van der Waals surface area contributed by atoms with Crippen LogP contribution in [0.3, 0.4) is 0 Å². The van der Waals surface area contributed by atoms with E-state index >= 15 is 4.39 Å². The van der Waals surface area contributed by atoms with E-state index in [1.807, 2.05) is 17.0 Å². The predicted molar refractivity (Wildman–Crippen MR) is 207 cm³/mol. The minimum atomic E-state index is -4.13. The lowest BCUT2D eigenvalue weighted by atomic mass is 9.70. The lowest BCUT2D eigenvalue weighted by Gasteiger charge is -2.43. The molecule has 1 aliphatic carbocycles. The molecule has 11 nitrogen and oxygen atoms in total. The molecule has 294 valence electrons. The number of methoxy groups -OCH3 is 1. The number of piperazine rings is 1. The van der Waals surface area contributed by atoms with Crippen molar-refractivity contribution >= 4 is 39.1 Å². The average Bonchev–Trinajstić information content (AvgIpc) is 3.55. The zero-order valence-electron chi connectivity index (χ0n) is 31.6. The van der Waals surface area contributed by atoms with Crippen molar-refractivity contribution in [2.75, 3.05) is 77.6 Å². The van der Waals surface area contributed by atoms with Gasteiger partial charge in [-0.15, -0.1) is 0 Å². The van der Waals surface area contributed by atoms with Crippen molar-refractivity contribution in [3.05, 3.63) is 70.0 Å². The molecule has 2 aromatic carbocycles. The Balaban J connectivity index is 1.29. The summed E-state index contributed by atoms with van der Waals surface area (Å²) in [6.45, 7) is 8.91. The molecular weight excluding hydrogens is 733 g/mol. The van der Waals surface area contributed by atoms with Crippen molar-refractivity contribution < 1.29 is 31.9 Å². The van der Waals surface area contributed by atoms with Gasteiger partial charge in [-0.1, -0.05) is 30.7 Å². The van der Waals surface area contributed by atoms with Crippen LogP contribution in [0, 0.1) is 5.92 Å². The maximum absolute atomic E-state index is 16.9. The van der Waals surface area contributed by atoms with Crippen molar-refractivity contribution in [3.63, 3.8) is 0 Å². The third-order valence-electron chi connectivity index (χ3n) is 12.5. The molecule has 0 saturated carbocycles. The van der Waals surface area contributed by atoms with Gasteiger partial charge in [0.1, 0.15) is 17.6 Å². The summed E-state index contributed by atoms with van der Waals surface area (Å²) in [5.41, 5.74) is 2.84. The summed E-state index contributed by atoms with van der Waals surface area (Å²) in [5.74, 6) is -1.50. The number of allylic oxidation sites excluding steroid dienone is 1. The smallest absolute Gasteiger partial charge is 0.264 e. The van der Waals surface area contributed by atoms with Gasteiger partial charge in [0.05, 0.1) is 24.2 Å². The Morgan fingerprint density at radius 1 is 1.09 bits per heavy atom. The van der Waals surface area contributed by atoms with Crippen molar-refractivity contribution in [1.82, 2.24) is 19.4 Å². The number of carbonyl (C=O) groups excluding carboxylic acids is 2. The number of anilines is 1. The van der Waals surface area contributed by atoms with Gasteiger partial charge in [0.25, 0.3) is 5.91 Å². The van der Waals surface area contributed by atoms with E-state index in [1.165, 1.54) is 24.1 Å². The van der Waals surface area contributed by atoms with Crippen LogP contribution in [0.25, 0.3) is 0 Å². The molecule has 2 amide bonds. The highest BCUT2D eigenvalue weighted by Gasteiger charge is 2.45. The number of rotatable bonds is 4. The Bertz CT molecular complexity index is 1870. The SMILES string of the molecule is COCCN1CCN(C(=O)[C@H]2/C(F)=C/C[C@H](C)[C@@H](C)S(=O)(=O)NC(=O)c3ccc4c(c3)N(C[C@@H]3CCCN32)C[C@@]2(CCCc3cc(Cl)ccc32)CO4)CC1. The zero-order valence-corrected chi connectivity index (χ0v) is 33.1. The molecule has 1 N–H and O–H groups in total. The van der Waals surface area contributed by atoms with Crippen LogP contribution in [0.4, 0.5) is 10.1 Å². The summed E-state index contributed by atoms with van der Waals surface area (Å²) in [6, 6.07) is 9.82. The Kier molecular flexibility index (Phi) is 11.6. The van der Waals surface area contributed by atoms with E-state index in [4.69, 9.17) is 21.1 Å². The maximum atomic E-state index is 16.9. The number of ether oxygens (including phenoxy) is 2. The molecule has 1 spiro atoms. The van der Waals surface area contributed by atoms with Crippen LogP contribution in [-0.2, 0) is 31.4 Å². The van der Waals surface area contributed by atoms with E-state index in [-0.39, 0.29) is 23.9 Å². The number of benzene rings is 2.